The molecular formula is C26H22N8S. The lowest BCUT2D eigenvalue weighted by Gasteiger charge is -2.09. The van der Waals surface area contributed by atoms with Crippen molar-refractivity contribution >= 4 is 39.1 Å². The van der Waals surface area contributed by atoms with Crippen LogP contribution >= 0.6 is 11.3 Å². The van der Waals surface area contributed by atoms with Crippen molar-refractivity contribution in [1.82, 2.24) is 35.1 Å². The van der Waals surface area contributed by atoms with E-state index in [9.17, 15) is 0 Å². The molecule has 8 nitrogen and oxygen atoms in total. The van der Waals surface area contributed by atoms with E-state index in [0.717, 1.165) is 68.0 Å². The summed E-state index contributed by atoms with van der Waals surface area (Å²) in [6, 6.07) is 10.2. The average molecular weight is 479 g/mol. The topological polar surface area (TPSA) is 108 Å². The Hall–Kier alpha value is -4.37. The van der Waals surface area contributed by atoms with Crippen molar-refractivity contribution in [2.45, 2.75) is 19.8 Å². The molecule has 0 aromatic carbocycles. The Morgan fingerprint density at radius 2 is 2.09 bits per heavy atom. The Bertz CT molecular complexity index is 1660. The number of nitrogens with zero attached hydrogens (tertiary/aromatic N) is 5. The van der Waals surface area contributed by atoms with Crippen LogP contribution in [0.4, 0.5) is 5.69 Å². The number of rotatable bonds is 7. The number of imidazole rings is 1. The minimum absolute atomic E-state index is 0.657. The van der Waals surface area contributed by atoms with Crippen molar-refractivity contribution in [3.63, 3.8) is 0 Å². The number of H-pyrrole nitrogens is 2. The van der Waals surface area contributed by atoms with Crippen molar-refractivity contribution in [3.8, 4) is 33.2 Å². The van der Waals surface area contributed by atoms with Crippen LogP contribution in [0.3, 0.4) is 0 Å². The molecule has 172 valence electrons. The lowest BCUT2D eigenvalue weighted by molar-refractivity contribution is 0.913. The van der Waals surface area contributed by atoms with Crippen molar-refractivity contribution in [2.75, 3.05) is 5.32 Å². The lowest BCUT2D eigenvalue weighted by Crippen LogP contribution is -1.98. The van der Waals surface area contributed by atoms with Crippen LogP contribution in [0.1, 0.15) is 19.8 Å². The number of pyridine rings is 3. The van der Waals surface area contributed by atoms with Crippen molar-refractivity contribution in [3.05, 3.63) is 72.8 Å². The van der Waals surface area contributed by atoms with E-state index in [1.165, 1.54) is 0 Å². The summed E-state index contributed by atoms with van der Waals surface area (Å²) < 4.78 is 0. The van der Waals surface area contributed by atoms with E-state index in [2.05, 4.69) is 60.4 Å². The normalized spacial score (nSPS) is 11.3. The molecule has 6 aromatic rings. The van der Waals surface area contributed by atoms with Gasteiger partial charge in [0.25, 0.3) is 0 Å². The molecule has 0 aliphatic carbocycles. The maximum atomic E-state index is 4.75. The van der Waals surface area contributed by atoms with Gasteiger partial charge >= 0.3 is 0 Å². The third-order valence-electron chi connectivity index (χ3n) is 5.76. The summed E-state index contributed by atoms with van der Waals surface area (Å²) in [5.74, 6) is 0.657. The van der Waals surface area contributed by atoms with Gasteiger partial charge in [-0.05, 0) is 36.1 Å². The van der Waals surface area contributed by atoms with E-state index >= 15 is 0 Å². The fourth-order valence-electron chi connectivity index (χ4n) is 4.13. The van der Waals surface area contributed by atoms with Gasteiger partial charge in [0.05, 0.1) is 34.8 Å². The zero-order valence-corrected chi connectivity index (χ0v) is 19.9. The predicted octanol–water partition coefficient (Wildman–Crippen LogP) is 6.41. The van der Waals surface area contributed by atoms with Gasteiger partial charge in [-0.3, -0.25) is 15.1 Å². The van der Waals surface area contributed by atoms with Gasteiger partial charge in [-0.15, -0.1) is 11.3 Å². The van der Waals surface area contributed by atoms with Crippen LogP contribution in [-0.4, -0.2) is 35.1 Å². The van der Waals surface area contributed by atoms with Gasteiger partial charge in [-0.25, -0.2) is 9.97 Å². The molecule has 0 unspecified atom stereocenters. The maximum absolute atomic E-state index is 4.75. The molecule has 9 heteroatoms. The SMILES string of the molecule is C=C(CCC)Nc1cncc(-c2cc3c(-c4nc5nccc(-c6cccs6)c5[nH]4)n[nH]c3cn2)c1. The maximum Gasteiger partial charge on any atom is 0.178 e. The second-order valence-corrected chi connectivity index (χ2v) is 9.20. The quantitative estimate of drug-likeness (QED) is 0.245. The third-order valence-corrected chi connectivity index (χ3v) is 6.66. The zero-order valence-electron chi connectivity index (χ0n) is 19.0. The standard InChI is InChI=1S/C26H22N8S/c1-3-5-15(2)30-17-10-16(12-27-13-17)20-11-19-21(14-29-20)33-34-24(19)26-31-23-18(22-6-4-9-35-22)7-8-28-25(23)32-26/h4,6-14,30H,2-3,5H2,1H3,(H,33,34)(H,28,31,32). The first-order valence-electron chi connectivity index (χ1n) is 11.3. The number of nitrogens with one attached hydrogen (secondary N) is 3. The number of hydrogen-bond acceptors (Lipinski definition) is 7. The first kappa shape index (κ1) is 21.2. The highest BCUT2D eigenvalue weighted by Gasteiger charge is 2.17. The second-order valence-electron chi connectivity index (χ2n) is 8.25. The predicted molar refractivity (Wildman–Crippen MR) is 141 cm³/mol. The molecule has 0 aliphatic heterocycles. The summed E-state index contributed by atoms with van der Waals surface area (Å²) in [7, 11) is 0. The minimum Gasteiger partial charge on any atom is -0.358 e. The van der Waals surface area contributed by atoms with E-state index < -0.39 is 0 Å². The summed E-state index contributed by atoms with van der Waals surface area (Å²) >= 11 is 1.68. The second kappa shape index (κ2) is 8.77. The molecule has 6 heterocycles. The highest BCUT2D eigenvalue weighted by atomic mass is 32.1. The van der Waals surface area contributed by atoms with E-state index in [1.54, 1.807) is 36.1 Å². The van der Waals surface area contributed by atoms with Gasteiger partial charge in [0.1, 0.15) is 5.69 Å². The molecular weight excluding hydrogens is 456 g/mol. The number of fused-ring (bicyclic) bond motifs is 2. The summed E-state index contributed by atoms with van der Waals surface area (Å²) in [4.78, 5) is 22.8. The number of aromatic amines is 2. The summed E-state index contributed by atoms with van der Waals surface area (Å²) in [6.45, 7) is 6.21. The molecule has 35 heavy (non-hydrogen) atoms. The highest BCUT2D eigenvalue weighted by Crippen LogP contribution is 2.33. The van der Waals surface area contributed by atoms with E-state index in [1.807, 2.05) is 24.3 Å². The van der Waals surface area contributed by atoms with E-state index in [4.69, 9.17) is 4.98 Å². The van der Waals surface area contributed by atoms with Crippen LogP contribution in [0.25, 0.3) is 55.3 Å². The van der Waals surface area contributed by atoms with Crippen LogP contribution in [0.15, 0.2) is 72.8 Å². The van der Waals surface area contributed by atoms with Gasteiger partial charge in [0.15, 0.2) is 11.5 Å². The Morgan fingerprint density at radius 3 is 2.94 bits per heavy atom. The number of anilines is 1. The Kier molecular flexibility index (Phi) is 5.31. The van der Waals surface area contributed by atoms with Crippen LogP contribution in [0, 0.1) is 0 Å². The largest absolute Gasteiger partial charge is 0.358 e. The smallest absolute Gasteiger partial charge is 0.178 e. The minimum atomic E-state index is 0.657. The monoisotopic (exact) mass is 478 g/mol. The van der Waals surface area contributed by atoms with Crippen molar-refractivity contribution < 1.29 is 0 Å². The molecule has 0 spiro atoms. The van der Waals surface area contributed by atoms with Gasteiger partial charge in [-0.2, -0.15) is 5.10 Å². The van der Waals surface area contributed by atoms with Gasteiger partial charge in [0, 0.05) is 39.5 Å². The molecule has 0 saturated heterocycles. The molecule has 0 atom stereocenters. The molecule has 0 radical (unpaired) electrons. The molecule has 0 aliphatic rings. The number of thiophene rings is 1. The van der Waals surface area contributed by atoms with Crippen molar-refractivity contribution in [1.29, 1.82) is 0 Å². The molecule has 0 fully saturated rings. The summed E-state index contributed by atoms with van der Waals surface area (Å²) in [5.41, 5.74) is 7.73. The van der Waals surface area contributed by atoms with E-state index in [-0.39, 0.29) is 0 Å². The lowest BCUT2D eigenvalue weighted by atomic mass is 10.1. The Morgan fingerprint density at radius 1 is 1.14 bits per heavy atom. The van der Waals surface area contributed by atoms with Crippen LogP contribution in [-0.2, 0) is 0 Å². The van der Waals surface area contributed by atoms with Crippen molar-refractivity contribution in [2.24, 2.45) is 0 Å². The number of allylic oxidation sites excluding steroid dienone is 1. The van der Waals surface area contributed by atoms with Crippen LogP contribution in [0.2, 0.25) is 0 Å². The molecule has 0 amide bonds. The number of aromatic nitrogens is 7. The average Bonchev–Trinajstić information content (AvgIpc) is 3.63. The first-order chi connectivity index (χ1) is 17.2. The molecule has 0 bridgehead atoms. The van der Waals surface area contributed by atoms with Gasteiger partial charge in [-0.1, -0.05) is 26.0 Å². The molecule has 3 N–H and O–H groups in total. The third kappa shape index (κ3) is 3.95. The van der Waals surface area contributed by atoms with Crippen LogP contribution in [0.5, 0.6) is 0 Å². The highest BCUT2D eigenvalue weighted by molar-refractivity contribution is 7.13. The fourth-order valence-corrected chi connectivity index (χ4v) is 4.89. The summed E-state index contributed by atoms with van der Waals surface area (Å²) in [5, 5.41) is 13.9. The first-order valence-corrected chi connectivity index (χ1v) is 12.2. The fraction of sp³-hybridized carbons (Fsp3) is 0.115. The summed E-state index contributed by atoms with van der Waals surface area (Å²) in [6.07, 6.45) is 9.11. The van der Waals surface area contributed by atoms with Gasteiger partial charge in [0.2, 0.25) is 0 Å². The Labute approximate surface area is 205 Å². The molecule has 6 aromatic heterocycles. The van der Waals surface area contributed by atoms with E-state index in [0.29, 0.717) is 11.5 Å². The van der Waals surface area contributed by atoms with Crippen LogP contribution < -0.4 is 5.32 Å². The number of hydrogen-bond donors (Lipinski definition) is 3. The van der Waals surface area contributed by atoms with Gasteiger partial charge < -0.3 is 10.3 Å². The zero-order chi connectivity index (χ0) is 23.8. The Balaban J connectivity index is 1.40. The molecule has 6 rings (SSSR count). The molecule has 0 saturated carbocycles.